The maximum absolute atomic E-state index is 12.3. The summed E-state index contributed by atoms with van der Waals surface area (Å²) in [6.07, 6.45) is 8.45. The van der Waals surface area contributed by atoms with Gasteiger partial charge in [0.15, 0.2) is 5.78 Å². The van der Waals surface area contributed by atoms with E-state index in [1.165, 1.54) is 12.1 Å². The minimum absolute atomic E-state index is 0.0306. The third kappa shape index (κ3) is 4.71. The van der Waals surface area contributed by atoms with Crippen LogP contribution in [0.3, 0.4) is 0 Å². The van der Waals surface area contributed by atoms with E-state index >= 15 is 0 Å². The van der Waals surface area contributed by atoms with E-state index in [1.54, 1.807) is 25.2 Å². The molecule has 5 nitrogen and oxygen atoms in total. The average molecular weight is 316 g/mol. The van der Waals surface area contributed by atoms with Crippen LogP contribution < -0.4 is 0 Å². The van der Waals surface area contributed by atoms with E-state index < -0.39 is 12.1 Å². The molecule has 0 radical (unpaired) electrons. The summed E-state index contributed by atoms with van der Waals surface area (Å²) in [5.74, 6) is -1.07. The van der Waals surface area contributed by atoms with Crippen molar-refractivity contribution < 1.29 is 24.5 Å². The molecule has 0 aliphatic carbocycles. The summed E-state index contributed by atoms with van der Waals surface area (Å²) in [5, 5.41) is 19.6. The van der Waals surface area contributed by atoms with Crippen molar-refractivity contribution in [2.45, 2.75) is 38.7 Å². The monoisotopic (exact) mass is 316 g/mol. The Hall–Kier alpha value is -2.56. The van der Waals surface area contributed by atoms with Crippen molar-refractivity contribution in [3.63, 3.8) is 0 Å². The predicted octanol–water partition coefficient (Wildman–Crippen LogP) is 3.36. The minimum Gasteiger partial charge on any atom is -0.508 e. The first-order valence-corrected chi connectivity index (χ1v) is 7.60. The quantitative estimate of drug-likeness (QED) is 0.717. The van der Waals surface area contributed by atoms with Gasteiger partial charge in [0, 0.05) is 18.9 Å². The van der Waals surface area contributed by atoms with Gasteiger partial charge in [0.1, 0.15) is 23.2 Å². The number of rotatable bonds is 0. The molecule has 2 rings (SSSR count). The van der Waals surface area contributed by atoms with Gasteiger partial charge in [0.05, 0.1) is 0 Å². The summed E-state index contributed by atoms with van der Waals surface area (Å²) < 4.78 is 5.30. The SMILES string of the molecule is C[C@H]1C/C=C\C(=O)CCC/C=C/c2cc(O)cc(O)c2C(=O)O1. The van der Waals surface area contributed by atoms with Crippen LogP contribution in [0.2, 0.25) is 0 Å². The van der Waals surface area contributed by atoms with Crippen molar-refractivity contribution in [2.24, 2.45) is 0 Å². The molecule has 122 valence electrons. The Morgan fingerprint density at radius 1 is 1.13 bits per heavy atom. The molecular formula is C18H20O5. The Balaban J connectivity index is 2.36. The zero-order chi connectivity index (χ0) is 16.8. The highest BCUT2D eigenvalue weighted by molar-refractivity contribution is 5.97. The Morgan fingerprint density at radius 3 is 2.70 bits per heavy atom. The smallest absolute Gasteiger partial charge is 0.342 e. The number of phenolic OH excluding ortho intramolecular Hbond substituents is 2. The number of benzene rings is 1. The van der Waals surface area contributed by atoms with E-state index in [4.69, 9.17) is 4.74 Å². The second-order valence-corrected chi connectivity index (χ2v) is 5.54. The number of esters is 1. The van der Waals surface area contributed by atoms with Gasteiger partial charge in [-0.2, -0.15) is 0 Å². The van der Waals surface area contributed by atoms with E-state index in [-0.39, 0.29) is 22.8 Å². The van der Waals surface area contributed by atoms with Crippen LogP contribution in [0.1, 0.15) is 48.5 Å². The molecule has 0 spiro atoms. The molecule has 23 heavy (non-hydrogen) atoms. The van der Waals surface area contributed by atoms with Crippen LogP contribution in [-0.2, 0) is 9.53 Å². The average Bonchev–Trinajstić information content (AvgIpc) is 2.45. The molecular weight excluding hydrogens is 296 g/mol. The normalized spacial score (nSPS) is 22.6. The van der Waals surface area contributed by atoms with Crippen molar-refractivity contribution in [3.05, 3.63) is 41.5 Å². The number of aromatic hydroxyl groups is 2. The van der Waals surface area contributed by atoms with Gasteiger partial charge in [0.2, 0.25) is 0 Å². The lowest BCUT2D eigenvalue weighted by Crippen LogP contribution is -2.15. The minimum atomic E-state index is -0.661. The van der Waals surface area contributed by atoms with E-state index in [1.807, 2.05) is 0 Å². The molecule has 0 fully saturated rings. The summed E-state index contributed by atoms with van der Waals surface area (Å²) >= 11 is 0. The summed E-state index contributed by atoms with van der Waals surface area (Å²) in [6.45, 7) is 1.71. The van der Waals surface area contributed by atoms with Gasteiger partial charge in [-0.05, 0) is 37.5 Å². The molecule has 0 saturated heterocycles. The Labute approximate surface area is 134 Å². The third-order valence-corrected chi connectivity index (χ3v) is 3.51. The van der Waals surface area contributed by atoms with E-state index in [9.17, 15) is 19.8 Å². The van der Waals surface area contributed by atoms with Crippen LogP contribution in [-0.4, -0.2) is 28.1 Å². The standard InChI is InChI=1S/C18H20O5/c1-12-6-5-9-14(19)8-4-2-3-7-13-10-15(20)11-16(21)17(13)18(22)23-12/h3,5,7,9-12,20-21H,2,4,6,8H2,1H3/b7-3+,9-5-/t12-/m0/s1. The van der Waals surface area contributed by atoms with Gasteiger partial charge < -0.3 is 14.9 Å². The van der Waals surface area contributed by atoms with Crippen molar-refractivity contribution in [1.29, 1.82) is 0 Å². The van der Waals surface area contributed by atoms with Gasteiger partial charge in [-0.25, -0.2) is 4.79 Å². The summed E-state index contributed by atoms with van der Waals surface area (Å²) in [6, 6.07) is 2.51. The first-order valence-electron chi connectivity index (χ1n) is 7.60. The highest BCUT2D eigenvalue weighted by Gasteiger charge is 2.20. The van der Waals surface area contributed by atoms with Gasteiger partial charge in [-0.3, -0.25) is 4.79 Å². The number of cyclic esters (lactones) is 1. The first-order chi connectivity index (χ1) is 11.0. The van der Waals surface area contributed by atoms with Gasteiger partial charge in [-0.1, -0.05) is 18.2 Å². The van der Waals surface area contributed by atoms with Crippen LogP contribution in [0, 0.1) is 0 Å². The van der Waals surface area contributed by atoms with E-state index in [0.29, 0.717) is 31.2 Å². The second kappa shape index (κ2) is 7.63. The lowest BCUT2D eigenvalue weighted by Gasteiger charge is -2.14. The number of ketones is 1. The second-order valence-electron chi connectivity index (χ2n) is 5.54. The number of fused-ring (bicyclic) bond motifs is 1. The number of hydrogen-bond acceptors (Lipinski definition) is 5. The molecule has 1 aliphatic heterocycles. The number of carbonyl (C=O) groups excluding carboxylic acids is 2. The number of allylic oxidation sites excluding steroid dienone is 2. The molecule has 1 aromatic carbocycles. The maximum atomic E-state index is 12.3. The zero-order valence-electron chi connectivity index (χ0n) is 13.0. The Morgan fingerprint density at radius 2 is 1.91 bits per heavy atom. The molecule has 1 aliphatic rings. The highest BCUT2D eigenvalue weighted by Crippen LogP contribution is 2.29. The molecule has 2 N–H and O–H groups in total. The van der Waals surface area contributed by atoms with Crippen LogP contribution in [0.15, 0.2) is 30.4 Å². The molecule has 1 heterocycles. The topological polar surface area (TPSA) is 83.8 Å². The number of ether oxygens (including phenoxy) is 1. The number of phenols is 2. The van der Waals surface area contributed by atoms with Crippen molar-refractivity contribution >= 4 is 17.8 Å². The van der Waals surface area contributed by atoms with Crippen molar-refractivity contribution in [1.82, 2.24) is 0 Å². The molecule has 0 aromatic heterocycles. The largest absolute Gasteiger partial charge is 0.508 e. The molecule has 0 saturated carbocycles. The van der Waals surface area contributed by atoms with Crippen LogP contribution in [0.5, 0.6) is 11.5 Å². The van der Waals surface area contributed by atoms with Crippen LogP contribution >= 0.6 is 0 Å². The van der Waals surface area contributed by atoms with Crippen molar-refractivity contribution in [2.75, 3.05) is 0 Å². The summed E-state index contributed by atoms with van der Waals surface area (Å²) in [7, 11) is 0. The van der Waals surface area contributed by atoms with Gasteiger partial charge in [0.25, 0.3) is 0 Å². The van der Waals surface area contributed by atoms with E-state index in [2.05, 4.69) is 0 Å². The van der Waals surface area contributed by atoms with Crippen LogP contribution in [0.4, 0.5) is 0 Å². The zero-order valence-corrected chi connectivity index (χ0v) is 13.0. The molecule has 5 heteroatoms. The van der Waals surface area contributed by atoms with E-state index in [0.717, 1.165) is 6.07 Å². The third-order valence-electron chi connectivity index (χ3n) is 3.51. The summed E-state index contributed by atoms with van der Waals surface area (Å²) in [4.78, 5) is 23.9. The van der Waals surface area contributed by atoms with Crippen LogP contribution in [0.25, 0.3) is 6.08 Å². The fourth-order valence-corrected chi connectivity index (χ4v) is 2.36. The summed E-state index contributed by atoms with van der Waals surface area (Å²) in [5.41, 5.74) is 0.418. The molecule has 0 unspecified atom stereocenters. The first kappa shape index (κ1) is 16.8. The molecule has 0 amide bonds. The van der Waals surface area contributed by atoms with Crippen molar-refractivity contribution in [3.8, 4) is 11.5 Å². The Bertz CT molecular complexity index is 658. The van der Waals surface area contributed by atoms with Gasteiger partial charge in [-0.15, -0.1) is 0 Å². The fraction of sp³-hybridized carbons (Fsp3) is 0.333. The van der Waals surface area contributed by atoms with Gasteiger partial charge >= 0.3 is 5.97 Å². The lowest BCUT2D eigenvalue weighted by atomic mass is 10.0. The number of hydrogen-bond donors (Lipinski definition) is 2. The molecule has 1 aromatic rings. The fourth-order valence-electron chi connectivity index (χ4n) is 2.36. The number of carbonyl (C=O) groups is 2. The predicted molar refractivity (Wildman–Crippen MR) is 86.3 cm³/mol. The molecule has 0 bridgehead atoms. The Kier molecular flexibility index (Phi) is 5.57. The maximum Gasteiger partial charge on any atom is 0.342 e. The molecule has 1 atom stereocenters. The highest BCUT2D eigenvalue weighted by atomic mass is 16.5. The lowest BCUT2D eigenvalue weighted by molar-refractivity contribution is -0.114.